The monoisotopic (exact) mass is 397 g/mol. The van der Waals surface area contributed by atoms with Crippen molar-refractivity contribution in [2.75, 3.05) is 13.7 Å². The van der Waals surface area contributed by atoms with Crippen molar-refractivity contribution in [1.82, 2.24) is 0 Å². The molecule has 1 aliphatic heterocycles. The molecule has 0 aromatic heterocycles. The van der Waals surface area contributed by atoms with Crippen LogP contribution in [0.25, 0.3) is 10.4 Å². The standard InChI is InChI=1S/C17H23N3O8/c1-26-16(25)17(27-9-10-5-3-2-4-6-10)7-11(22)13(19-20-18)15(28-17)14(24)12(23)8-21/h2-6,11-15,21-24H,7-9H2,1H3/t11-,12+,13+,14+,15+,17+/m0/s1. The van der Waals surface area contributed by atoms with Crippen molar-refractivity contribution in [2.24, 2.45) is 5.11 Å². The topological polar surface area (TPSA) is 174 Å². The summed E-state index contributed by atoms with van der Waals surface area (Å²) >= 11 is 0. The Balaban J connectivity index is 2.35. The Morgan fingerprint density at radius 2 is 2.11 bits per heavy atom. The second-order valence-electron chi connectivity index (χ2n) is 6.31. The second-order valence-corrected chi connectivity index (χ2v) is 6.31. The zero-order chi connectivity index (χ0) is 20.7. The van der Waals surface area contributed by atoms with E-state index in [2.05, 4.69) is 10.0 Å². The van der Waals surface area contributed by atoms with E-state index in [0.29, 0.717) is 5.56 Å². The fourth-order valence-corrected chi connectivity index (χ4v) is 2.97. The van der Waals surface area contributed by atoms with Crippen LogP contribution in [0.2, 0.25) is 0 Å². The maximum absolute atomic E-state index is 12.4. The molecule has 1 saturated heterocycles. The number of methoxy groups -OCH3 is 1. The minimum atomic E-state index is -2.12. The summed E-state index contributed by atoms with van der Waals surface area (Å²) in [6.07, 6.45) is -6.88. The van der Waals surface area contributed by atoms with E-state index in [4.69, 9.17) is 24.8 Å². The van der Waals surface area contributed by atoms with Crippen molar-refractivity contribution >= 4 is 5.97 Å². The summed E-state index contributed by atoms with van der Waals surface area (Å²) in [5.41, 5.74) is 9.45. The quantitative estimate of drug-likeness (QED) is 0.199. The molecule has 28 heavy (non-hydrogen) atoms. The highest BCUT2D eigenvalue weighted by atomic mass is 16.7. The lowest BCUT2D eigenvalue weighted by Gasteiger charge is -2.45. The number of hydrogen-bond donors (Lipinski definition) is 4. The number of esters is 1. The molecule has 0 saturated carbocycles. The maximum atomic E-state index is 12.4. The van der Waals surface area contributed by atoms with Gasteiger partial charge in [0.25, 0.3) is 5.79 Å². The van der Waals surface area contributed by atoms with Gasteiger partial charge in [0.15, 0.2) is 0 Å². The Hall–Kier alpha value is -2.24. The maximum Gasteiger partial charge on any atom is 0.366 e. The highest BCUT2D eigenvalue weighted by Gasteiger charge is 2.55. The van der Waals surface area contributed by atoms with Crippen LogP contribution >= 0.6 is 0 Å². The van der Waals surface area contributed by atoms with Crippen LogP contribution in [0.15, 0.2) is 35.4 Å². The van der Waals surface area contributed by atoms with Gasteiger partial charge in [-0.25, -0.2) is 4.79 Å². The molecule has 11 heteroatoms. The Morgan fingerprint density at radius 1 is 1.43 bits per heavy atom. The van der Waals surface area contributed by atoms with E-state index in [1.165, 1.54) is 0 Å². The number of nitrogens with zero attached hydrogens (tertiary/aromatic N) is 3. The van der Waals surface area contributed by atoms with Gasteiger partial charge in [-0.2, -0.15) is 0 Å². The van der Waals surface area contributed by atoms with Crippen LogP contribution in [0.1, 0.15) is 12.0 Å². The van der Waals surface area contributed by atoms with Crippen molar-refractivity contribution < 1.29 is 39.4 Å². The molecule has 0 radical (unpaired) electrons. The van der Waals surface area contributed by atoms with Crippen LogP contribution < -0.4 is 0 Å². The van der Waals surface area contributed by atoms with E-state index in [-0.39, 0.29) is 6.61 Å². The first-order valence-electron chi connectivity index (χ1n) is 8.52. The highest BCUT2D eigenvalue weighted by molar-refractivity contribution is 5.78. The summed E-state index contributed by atoms with van der Waals surface area (Å²) in [5.74, 6) is -3.09. The average Bonchev–Trinajstić information content (AvgIpc) is 2.72. The number of carbonyl (C=O) groups excluding carboxylic acids is 1. The Bertz CT molecular complexity index is 699. The average molecular weight is 397 g/mol. The zero-order valence-corrected chi connectivity index (χ0v) is 15.2. The van der Waals surface area contributed by atoms with Gasteiger partial charge in [0, 0.05) is 11.3 Å². The lowest BCUT2D eigenvalue weighted by molar-refractivity contribution is -0.313. The molecule has 1 fully saturated rings. The molecule has 0 bridgehead atoms. The second kappa shape index (κ2) is 9.80. The van der Waals surface area contributed by atoms with E-state index in [0.717, 1.165) is 7.11 Å². The van der Waals surface area contributed by atoms with Crippen molar-refractivity contribution in [3.8, 4) is 0 Å². The Labute approximate surface area is 160 Å². The third-order valence-electron chi connectivity index (χ3n) is 4.45. The Morgan fingerprint density at radius 3 is 2.68 bits per heavy atom. The van der Waals surface area contributed by atoms with E-state index >= 15 is 0 Å². The summed E-state index contributed by atoms with van der Waals surface area (Å²) in [4.78, 5) is 15.1. The predicted molar refractivity (Wildman–Crippen MR) is 93.5 cm³/mol. The molecule has 2 rings (SSSR count). The van der Waals surface area contributed by atoms with Gasteiger partial charge in [0.05, 0.1) is 32.5 Å². The molecule has 1 aromatic rings. The van der Waals surface area contributed by atoms with Crippen LogP contribution in [0.4, 0.5) is 0 Å². The zero-order valence-electron chi connectivity index (χ0n) is 15.2. The highest BCUT2D eigenvalue weighted by Crippen LogP contribution is 2.36. The molecule has 0 amide bonds. The summed E-state index contributed by atoms with van der Waals surface area (Å²) < 4.78 is 16.0. The summed E-state index contributed by atoms with van der Waals surface area (Å²) in [6, 6.07) is 7.49. The molecule has 154 valence electrons. The Kier molecular flexibility index (Phi) is 7.72. The number of rotatable bonds is 8. The van der Waals surface area contributed by atoms with Gasteiger partial charge < -0.3 is 34.6 Å². The van der Waals surface area contributed by atoms with Crippen LogP contribution in [-0.2, 0) is 25.6 Å². The minimum absolute atomic E-state index is 0.0831. The van der Waals surface area contributed by atoms with Gasteiger partial charge in [-0.3, -0.25) is 0 Å². The number of aliphatic hydroxyl groups excluding tert-OH is 4. The van der Waals surface area contributed by atoms with Gasteiger partial charge in [-0.15, -0.1) is 0 Å². The van der Waals surface area contributed by atoms with Crippen molar-refractivity contribution in [3.05, 3.63) is 46.3 Å². The van der Waals surface area contributed by atoms with Gasteiger partial charge >= 0.3 is 5.97 Å². The van der Waals surface area contributed by atoms with Gasteiger partial charge in [0.1, 0.15) is 18.3 Å². The van der Waals surface area contributed by atoms with Crippen molar-refractivity contribution in [2.45, 2.75) is 49.3 Å². The van der Waals surface area contributed by atoms with Crippen LogP contribution in [0, 0.1) is 0 Å². The molecule has 1 heterocycles. The molecule has 6 atom stereocenters. The van der Waals surface area contributed by atoms with Crippen LogP contribution in [0.5, 0.6) is 0 Å². The van der Waals surface area contributed by atoms with Crippen LogP contribution in [0.3, 0.4) is 0 Å². The minimum Gasteiger partial charge on any atom is -0.465 e. The van der Waals surface area contributed by atoms with Gasteiger partial charge in [0.2, 0.25) is 0 Å². The number of azide groups is 1. The van der Waals surface area contributed by atoms with Crippen molar-refractivity contribution in [1.29, 1.82) is 0 Å². The normalized spacial score (nSPS) is 29.4. The third-order valence-corrected chi connectivity index (χ3v) is 4.45. The molecule has 1 aliphatic rings. The molecule has 0 aliphatic carbocycles. The lowest BCUT2D eigenvalue weighted by Crippen LogP contribution is -2.63. The third kappa shape index (κ3) is 4.78. The van der Waals surface area contributed by atoms with E-state index < -0.39 is 55.2 Å². The molecule has 0 unspecified atom stereocenters. The SMILES string of the molecule is COC(=O)[C@@]1(OCc2ccccc2)C[C@H](O)[C@@H](N=[N+]=[N-])[C@H]([C@H](O)[C@H](O)CO)O1. The molecule has 1 aromatic carbocycles. The van der Waals surface area contributed by atoms with Crippen molar-refractivity contribution in [3.63, 3.8) is 0 Å². The summed E-state index contributed by atoms with van der Waals surface area (Å²) in [6.45, 7) is -0.906. The molecule has 0 spiro atoms. The number of hydrogen-bond acceptors (Lipinski definition) is 9. The number of aliphatic hydroxyl groups is 4. The predicted octanol–water partition coefficient (Wildman–Crippen LogP) is -0.385. The first-order chi connectivity index (χ1) is 13.4. The first kappa shape index (κ1) is 22.1. The molecular formula is C17H23N3O8. The first-order valence-corrected chi connectivity index (χ1v) is 8.52. The fourth-order valence-electron chi connectivity index (χ4n) is 2.97. The summed E-state index contributed by atoms with van der Waals surface area (Å²) in [7, 11) is 1.10. The number of ether oxygens (including phenoxy) is 3. The van der Waals surface area contributed by atoms with E-state index in [9.17, 15) is 20.1 Å². The van der Waals surface area contributed by atoms with E-state index in [1.54, 1.807) is 30.3 Å². The number of benzene rings is 1. The van der Waals surface area contributed by atoms with Gasteiger partial charge in [-0.1, -0.05) is 35.4 Å². The lowest BCUT2D eigenvalue weighted by atomic mass is 9.89. The molecule has 4 N–H and O–H groups in total. The molecular weight excluding hydrogens is 374 g/mol. The fraction of sp³-hybridized carbons (Fsp3) is 0.588. The smallest absolute Gasteiger partial charge is 0.366 e. The van der Waals surface area contributed by atoms with Gasteiger partial charge in [-0.05, 0) is 11.1 Å². The summed E-state index contributed by atoms with van der Waals surface area (Å²) in [5, 5.41) is 43.0. The number of carbonyl (C=O) groups is 1. The molecule has 11 nitrogen and oxygen atoms in total. The largest absolute Gasteiger partial charge is 0.465 e. The van der Waals surface area contributed by atoms with Crippen LogP contribution in [-0.4, -0.2) is 76.4 Å². The van der Waals surface area contributed by atoms with E-state index in [1.807, 2.05) is 0 Å².